The molecule has 2 nitrogen and oxygen atoms in total. The zero-order chi connectivity index (χ0) is 8.97. The van der Waals surface area contributed by atoms with Gasteiger partial charge in [-0.05, 0) is 19.0 Å². The van der Waals surface area contributed by atoms with Crippen molar-refractivity contribution < 1.29 is 0 Å². The van der Waals surface area contributed by atoms with Crippen LogP contribution in [-0.4, -0.2) is 31.3 Å². The van der Waals surface area contributed by atoms with Crippen molar-refractivity contribution in [3.05, 3.63) is 11.8 Å². The van der Waals surface area contributed by atoms with Crippen LogP contribution in [0.3, 0.4) is 0 Å². The van der Waals surface area contributed by atoms with Crippen molar-refractivity contribution in [2.75, 3.05) is 20.1 Å². The van der Waals surface area contributed by atoms with Gasteiger partial charge in [-0.2, -0.15) is 0 Å². The first kappa shape index (κ1) is 9.46. The van der Waals surface area contributed by atoms with Crippen LogP contribution >= 0.6 is 0 Å². The van der Waals surface area contributed by atoms with Gasteiger partial charge in [-0.1, -0.05) is 13.8 Å². The first-order valence-electron chi connectivity index (χ1n) is 4.60. The van der Waals surface area contributed by atoms with E-state index in [1.54, 1.807) is 0 Å². The van der Waals surface area contributed by atoms with Gasteiger partial charge in [0.2, 0.25) is 0 Å². The molecule has 0 unspecified atom stereocenters. The predicted octanol–water partition coefficient (Wildman–Crippen LogP) is 1.93. The van der Waals surface area contributed by atoms with Crippen LogP contribution in [0.4, 0.5) is 0 Å². The zero-order valence-corrected chi connectivity index (χ0v) is 8.25. The van der Waals surface area contributed by atoms with Crippen LogP contribution in [0.2, 0.25) is 0 Å². The molecule has 0 N–H and O–H groups in total. The van der Waals surface area contributed by atoms with E-state index in [9.17, 15) is 0 Å². The minimum Gasteiger partial charge on any atom is -0.302 e. The largest absolute Gasteiger partial charge is 0.302 e. The fraction of sp³-hybridized carbons (Fsp3) is 0.700. The number of likely N-dealkylation sites (N-methyl/N-ethyl adjacent to an activating group) is 1. The molecule has 1 heterocycles. The summed E-state index contributed by atoms with van der Waals surface area (Å²) in [6, 6.07) is 0. The summed E-state index contributed by atoms with van der Waals surface area (Å²) >= 11 is 0. The van der Waals surface area contributed by atoms with E-state index in [4.69, 9.17) is 0 Å². The van der Waals surface area contributed by atoms with E-state index >= 15 is 0 Å². The van der Waals surface area contributed by atoms with Gasteiger partial charge in [0.05, 0.1) is 0 Å². The second-order valence-corrected chi connectivity index (χ2v) is 3.73. The van der Waals surface area contributed by atoms with E-state index in [1.807, 2.05) is 6.21 Å². The van der Waals surface area contributed by atoms with Crippen molar-refractivity contribution in [2.24, 2.45) is 10.9 Å². The second kappa shape index (κ2) is 4.41. The summed E-state index contributed by atoms with van der Waals surface area (Å²) in [6.45, 7) is 6.49. The quantitative estimate of drug-likeness (QED) is 0.572. The highest BCUT2D eigenvalue weighted by Crippen LogP contribution is 2.09. The normalized spacial score (nSPS) is 20.5. The Kier molecular flexibility index (Phi) is 3.48. The van der Waals surface area contributed by atoms with Crippen LogP contribution in [0, 0.1) is 5.92 Å². The topological polar surface area (TPSA) is 15.6 Å². The van der Waals surface area contributed by atoms with Gasteiger partial charge < -0.3 is 4.90 Å². The molecule has 0 saturated carbocycles. The minimum absolute atomic E-state index is 0.561. The van der Waals surface area contributed by atoms with E-state index in [1.165, 1.54) is 5.70 Å². The molecule has 0 atom stereocenters. The SMILES string of the molecule is CC(C)C=NC1=CCN(C)CC1. The number of nitrogens with zero attached hydrogens (tertiary/aromatic N) is 2. The Balaban J connectivity index is 2.43. The van der Waals surface area contributed by atoms with E-state index in [0.29, 0.717) is 5.92 Å². The van der Waals surface area contributed by atoms with Crippen molar-refractivity contribution in [3.63, 3.8) is 0 Å². The summed E-state index contributed by atoms with van der Waals surface area (Å²) < 4.78 is 0. The maximum absolute atomic E-state index is 4.43. The van der Waals surface area contributed by atoms with Crippen LogP contribution in [0.1, 0.15) is 20.3 Å². The smallest absolute Gasteiger partial charge is 0.0385 e. The molecular formula is C10H18N2. The molecule has 0 amide bonds. The molecule has 1 aliphatic rings. The fourth-order valence-corrected chi connectivity index (χ4v) is 1.12. The van der Waals surface area contributed by atoms with Gasteiger partial charge in [-0.3, -0.25) is 4.99 Å². The molecule has 0 aliphatic carbocycles. The van der Waals surface area contributed by atoms with Crippen molar-refractivity contribution in [3.8, 4) is 0 Å². The molecule has 0 bridgehead atoms. The van der Waals surface area contributed by atoms with Crippen molar-refractivity contribution in [1.82, 2.24) is 4.90 Å². The third-order valence-corrected chi connectivity index (χ3v) is 1.93. The summed E-state index contributed by atoms with van der Waals surface area (Å²) in [4.78, 5) is 6.73. The molecule has 1 aliphatic heterocycles. The van der Waals surface area contributed by atoms with Gasteiger partial charge in [0.15, 0.2) is 0 Å². The van der Waals surface area contributed by atoms with Crippen molar-refractivity contribution in [2.45, 2.75) is 20.3 Å². The predicted molar refractivity (Wildman–Crippen MR) is 53.5 cm³/mol. The Hall–Kier alpha value is -0.630. The molecule has 68 valence electrons. The van der Waals surface area contributed by atoms with E-state index < -0.39 is 0 Å². The second-order valence-electron chi connectivity index (χ2n) is 3.73. The summed E-state index contributed by atoms with van der Waals surface area (Å²) in [5, 5.41) is 0. The molecule has 0 aromatic heterocycles. The number of hydrogen-bond acceptors (Lipinski definition) is 2. The molecule has 12 heavy (non-hydrogen) atoms. The molecule has 0 aromatic rings. The third-order valence-electron chi connectivity index (χ3n) is 1.93. The van der Waals surface area contributed by atoms with Crippen LogP contribution < -0.4 is 0 Å². The van der Waals surface area contributed by atoms with Gasteiger partial charge in [-0.15, -0.1) is 0 Å². The Morgan fingerprint density at radius 1 is 1.58 bits per heavy atom. The fourth-order valence-electron chi connectivity index (χ4n) is 1.12. The van der Waals surface area contributed by atoms with E-state index in [-0.39, 0.29) is 0 Å². The highest BCUT2D eigenvalue weighted by atomic mass is 15.1. The maximum Gasteiger partial charge on any atom is 0.0385 e. The maximum atomic E-state index is 4.43. The Morgan fingerprint density at radius 3 is 2.83 bits per heavy atom. The summed E-state index contributed by atoms with van der Waals surface area (Å²) in [7, 11) is 2.14. The van der Waals surface area contributed by atoms with Crippen LogP contribution in [0.15, 0.2) is 16.8 Å². The lowest BCUT2D eigenvalue weighted by Crippen LogP contribution is -2.23. The monoisotopic (exact) mass is 166 g/mol. The molecule has 0 spiro atoms. The Labute approximate surface area is 75.0 Å². The number of hydrogen-bond donors (Lipinski definition) is 0. The van der Waals surface area contributed by atoms with Gasteiger partial charge in [-0.25, -0.2) is 0 Å². The number of aliphatic imine (C=N–C) groups is 1. The third kappa shape index (κ3) is 3.18. The average molecular weight is 166 g/mol. The lowest BCUT2D eigenvalue weighted by Gasteiger charge is -2.19. The van der Waals surface area contributed by atoms with Crippen molar-refractivity contribution >= 4 is 6.21 Å². The van der Waals surface area contributed by atoms with Gasteiger partial charge in [0.1, 0.15) is 0 Å². The van der Waals surface area contributed by atoms with Gasteiger partial charge in [0.25, 0.3) is 0 Å². The van der Waals surface area contributed by atoms with Crippen LogP contribution in [0.25, 0.3) is 0 Å². The van der Waals surface area contributed by atoms with E-state index in [2.05, 4.69) is 36.9 Å². The van der Waals surface area contributed by atoms with Gasteiger partial charge >= 0.3 is 0 Å². The zero-order valence-electron chi connectivity index (χ0n) is 8.25. The average Bonchev–Trinajstić information content (AvgIpc) is 2.03. The van der Waals surface area contributed by atoms with Gasteiger partial charge in [0, 0.05) is 31.4 Å². The first-order valence-corrected chi connectivity index (χ1v) is 4.60. The summed E-state index contributed by atoms with van der Waals surface area (Å²) in [6.07, 6.45) is 5.33. The molecule has 2 heteroatoms. The van der Waals surface area contributed by atoms with E-state index in [0.717, 1.165) is 19.5 Å². The van der Waals surface area contributed by atoms with Crippen LogP contribution in [-0.2, 0) is 0 Å². The molecule has 0 fully saturated rings. The minimum atomic E-state index is 0.561. The lowest BCUT2D eigenvalue weighted by atomic mass is 10.2. The molecule has 1 rings (SSSR count). The standard InChI is InChI=1S/C10H18N2/c1-9(2)8-11-10-4-6-12(3)7-5-10/h4,8-9H,5-7H2,1-3H3. The number of rotatable bonds is 2. The molecule has 0 radical (unpaired) electrons. The van der Waals surface area contributed by atoms with Crippen molar-refractivity contribution in [1.29, 1.82) is 0 Å². The molecular weight excluding hydrogens is 148 g/mol. The molecule has 0 aromatic carbocycles. The summed E-state index contributed by atoms with van der Waals surface area (Å²) in [5.74, 6) is 0.561. The lowest BCUT2D eigenvalue weighted by molar-refractivity contribution is 0.358. The Bertz CT molecular complexity index is 192. The highest BCUT2D eigenvalue weighted by molar-refractivity contribution is 5.61. The van der Waals surface area contributed by atoms with Crippen LogP contribution in [0.5, 0.6) is 0 Å². The first-order chi connectivity index (χ1) is 5.68. The highest BCUT2D eigenvalue weighted by Gasteiger charge is 2.05. The Morgan fingerprint density at radius 2 is 2.33 bits per heavy atom. The molecule has 0 saturated heterocycles. The summed E-state index contributed by atoms with van der Waals surface area (Å²) in [5.41, 5.74) is 1.25.